The number of fused-ring (bicyclic) bond motifs is 5. The van der Waals surface area contributed by atoms with Gasteiger partial charge in [-0.25, -0.2) is 4.90 Å². The van der Waals surface area contributed by atoms with Crippen LogP contribution in [-0.2, 0) is 9.59 Å². The molecule has 0 unspecified atom stereocenters. The number of carboxylic acid groups (broad SMARTS) is 1. The lowest BCUT2D eigenvalue weighted by molar-refractivity contribution is -0.254. The van der Waals surface area contributed by atoms with Crippen molar-refractivity contribution < 1.29 is 19.5 Å². The highest BCUT2D eigenvalue weighted by Crippen LogP contribution is 2.53. The summed E-state index contributed by atoms with van der Waals surface area (Å²) >= 11 is 0. The molecule has 1 aromatic carbocycles. The maximum absolute atomic E-state index is 12.6. The monoisotopic (exact) mass is 282 g/mol. The number of carbonyl (C=O) groups is 3. The molecular weight excluding hydrogens is 270 g/mol. The number of hydrogen-bond donors (Lipinski definition) is 0. The third kappa shape index (κ3) is 1.48. The minimum atomic E-state index is -1.38. The lowest BCUT2D eigenvalue weighted by Crippen LogP contribution is -2.35. The zero-order valence-electron chi connectivity index (χ0n) is 11.1. The van der Waals surface area contributed by atoms with Gasteiger partial charge in [0.1, 0.15) is 0 Å². The topological polar surface area (TPSA) is 77.5 Å². The Hall–Kier alpha value is -2.43. The van der Waals surface area contributed by atoms with Gasteiger partial charge in [0.15, 0.2) is 0 Å². The summed E-state index contributed by atoms with van der Waals surface area (Å²) in [4.78, 5) is 37.5. The number of amides is 2. The van der Waals surface area contributed by atoms with Gasteiger partial charge in [0, 0.05) is 5.56 Å². The summed E-state index contributed by atoms with van der Waals surface area (Å²) in [6, 6.07) is 6.00. The van der Waals surface area contributed by atoms with Crippen LogP contribution in [-0.4, -0.2) is 17.8 Å². The second-order valence-corrected chi connectivity index (χ2v) is 5.82. The molecule has 1 saturated heterocycles. The van der Waals surface area contributed by atoms with E-state index in [1.54, 1.807) is 12.1 Å². The first-order chi connectivity index (χ1) is 10.1. The summed E-state index contributed by atoms with van der Waals surface area (Å²) in [5, 5.41) is 11.2. The number of hydrogen-bond acceptors (Lipinski definition) is 4. The number of allylic oxidation sites excluding steroid dienone is 2. The van der Waals surface area contributed by atoms with E-state index in [0.29, 0.717) is 0 Å². The fourth-order valence-corrected chi connectivity index (χ4v) is 3.98. The lowest BCUT2D eigenvalue weighted by Gasteiger charge is -2.20. The van der Waals surface area contributed by atoms with E-state index in [1.165, 1.54) is 12.1 Å². The van der Waals surface area contributed by atoms with Gasteiger partial charge >= 0.3 is 0 Å². The van der Waals surface area contributed by atoms with Crippen molar-refractivity contribution in [3.63, 3.8) is 0 Å². The quantitative estimate of drug-likeness (QED) is 0.579. The SMILES string of the molecule is O=C([O-])c1ccccc1N1C(=O)[C@@H]2[C@@H](C1=O)[C@@H]1C=C[C@@H]2C1. The molecule has 106 valence electrons. The molecular formula is C16H12NO4-. The first-order valence-electron chi connectivity index (χ1n) is 6.96. The molecule has 2 aliphatic carbocycles. The largest absolute Gasteiger partial charge is 0.545 e. The molecule has 4 atom stereocenters. The van der Waals surface area contributed by atoms with E-state index >= 15 is 0 Å². The van der Waals surface area contributed by atoms with Gasteiger partial charge in [-0.1, -0.05) is 30.4 Å². The van der Waals surface area contributed by atoms with Crippen molar-refractivity contribution in [3.05, 3.63) is 42.0 Å². The van der Waals surface area contributed by atoms with E-state index in [9.17, 15) is 19.5 Å². The highest BCUT2D eigenvalue weighted by Gasteiger charge is 2.59. The maximum Gasteiger partial charge on any atom is 0.238 e. The third-order valence-electron chi connectivity index (χ3n) is 4.84. The zero-order chi connectivity index (χ0) is 14.7. The van der Waals surface area contributed by atoms with Gasteiger partial charge < -0.3 is 9.90 Å². The van der Waals surface area contributed by atoms with Crippen LogP contribution in [0.3, 0.4) is 0 Å². The predicted octanol–water partition coefficient (Wildman–Crippen LogP) is 0.362. The number of para-hydroxylation sites is 1. The molecule has 1 aliphatic heterocycles. The predicted molar refractivity (Wildman–Crippen MR) is 71.0 cm³/mol. The molecule has 2 amide bonds. The van der Waals surface area contributed by atoms with Crippen LogP contribution < -0.4 is 10.0 Å². The fraction of sp³-hybridized carbons (Fsp3) is 0.312. The van der Waals surface area contributed by atoms with Crippen LogP contribution in [0, 0.1) is 23.7 Å². The number of anilines is 1. The number of aromatic carboxylic acids is 1. The number of nitrogens with zero attached hydrogens (tertiary/aromatic N) is 1. The maximum atomic E-state index is 12.6. The van der Waals surface area contributed by atoms with Crippen LogP contribution in [0.2, 0.25) is 0 Å². The summed E-state index contributed by atoms with van der Waals surface area (Å²) in [5.74, 6) is -2.40. The van der Waals surface area contributed by atoms with Crippen molar-refractivity contribution in [2.24, 2.45) is 23.7 Å². The van der Waals surface area contributed by atoms with Crippen molar-refractivity contribution in [2.45, 2.75) is 6.42 Å². The molecule has 1 saturated carbocycles. The van der Waals surface area contributed by atoms with E-state index in [2.05, 4.69) is 0 Å². The molecule has 2 fully saturated rings. The highest BCUT2D eigenvalue weighted by molar-refractivity contribution is 6.24. The molecule has 3 aliphatic rings. The van der Waals surface area contributed by atoms with Gasteiger partial charge in [0.25, 0.3) is 0 Å². The second kappa shape index (κ2) is 4.04. The first kappa shape index (κ1) is 12.3. The van der Waals surface area contributed by atoms with Gasteiger partial charge in [0.05, 0.1) is 23.5 Å². The van der Waals surface area contributed by atoms with Crippen LogP contribution in [0.25, 0.3) is 0 Å². The average Bonchev–Trinajstić information content (AvgIpc) is 3.13. The number of benzene rings is 1. The van der Waals surface area contributed by atoms with Crippen molar-refractivity contribution in [2.75, 3.05) is 4.90 Å². The number of carbonyl (C=O) groups excluding carboxylic acids is 3. The fourth-order valence-electron chi connectivity index (χ4n) is 3.98. The Morgan fingerprint density at radius 2 is 1.62 bits per heavy atom. The van der Waals surface area contributed by atoms with Crippen LogP contribution in [0.4, 0.5) is 5.69 Å². The summed E-state index contributed by atoms with van der Waals surface area (Å²) in [5.41, 5.74) is 0.000722. The molecule has 1 aromatic rings. The normalized spacial score (nSPS) is 32.9. The van der Waals surface area contributed by atoms with Crippen LogP contribution in [0.5, 0.6) is 0 Å². The van der Waals surface area contributed by atoms with Gasteiger partial charge in [-0.15, -0.1) is 0 Å². The van der Waals surface area contributed by atoms with E-state index in [-0.39, 0.29) is 46.7 Å². The van der Waals surface area contributed by atoms with E-state index in [4.69, 9.17) is 0 Å². The van der Waals surface area contributed by atoms with E-state index in [1.807, 2.05) is 12.2 Å². The van der Waals surface area contributed by atoms with Gasteiger partial charge in [0.2, 0.25) is 11.8 Å². The van der Waals surface area contributed by atoms with Crippen LogP contribution in [0.1, 0.15) is 16.8 Å². The van der Waals surface area contributed by atoms with Crippen molar-refractivity contribution in [3.8, 4) is 0 Å². The van der Waals surface area contributed by atoms with Crippen LogP contribution in [0.15, 0.2) is 36.4 Å². The molecule has 5 heteroatoms. The second-order valence-electron chi connectivity index (χ2n) is 5.82. The van der Waals surface area contributed by atoms with E-state index in [0.717, 1.165) is 11.3 Å². The van der Waals surface area contributed by atoms with Gasteiger partial charge in [-0.3, -0.25) is 9.59 Å². The molecule has 5 nitrogen and oxygen atoms in total. The van der Waals surface area contributed by atoms with Gasteiger partial charge in [-0.2, -0.15) is 0 Å². The van der Waals surface area contributed by atoms with Crippen molar-refractivity contribution >= 4 is 23.5 Å². The Balaban J connectivity index is 1.80. The Kier molecular flexibility index (Phi) is 2.37. The third-order valence-corrected chi connectivity index (χ3v) is 4.84. The van der Waals surface area contributed by atoms with Crippen molar-refractivity contribution in [1.82, 2.24) is 0 Å². The standard InChI is InChI=1S/C16H13NO4/c18-14-12-8-5-6-9(7-8)13(12)15(19)17(14)11-4-2-1-3-10(11)16(20)21/h1-6,8-9,12-13H,7H2,(H,20,21)/p-1/t8-,9-,12+,13+/m1/s1. The molecule has 0 aromatic heterocycles. The molecule has 0 radical (unpaired) electrons. The lowest BCUT2D eigenvalue weighted by atomic mass is 9.85. The smallest absolute Gasteiger partial charge is 0.238 e. The van der Waals surface area contributed by atoms with Gasteiger partial charge in [-0.05, 0) is 24.3 Å². The molecule has 21 heavy (non-hydrogen) atoms. The average molecular weight is 282 g/mol. The molecule has 4 rings (SSSR count). The molecule has 0 spiro atoms. The number of imide groups is 1. The summed E-state index contributed by atoms with van der Waals surface area (Å²) in [7, 11) is 0. The number of carboxylic acids is 1. The van der Waals surface area contributed by atoms with E-state index < -0.39 is 5.97 Å². The molecule has 2 bridgehead atoms. The Morgan fingerprint density at radius 3 is 2.19 bits per heavy atom. The van der Waals surface area contributed by atoms with Crippen molar-refractivity contribution in [1.29, 1.82) is 0 Å². The molecule has 1 heterocycles. The Morgan fingerprint density at radius 1 is 1.05 bits per heavy atom. The zero-order valence-corrected chi connectivity index (χ0v) is 11.1. The number of rotatable bonds is 2. The first-order valence-corrected chi connectivity index (χ1v) is 6.96. The minimum absolute atomic E-state index is 0.108. The van der Waals surface area contributed by atoms with Crippen LogP contribution >= 0.6 is 0 Å². The summed E-state index contributed by atoms with van der Waals surface area (Å²) in [6.07, 6.45) is 4.86. The summed E-state index contributed by atoms with van der Waals surface area (Å²) in [6.45, 7) is 0. The Bertz CT molecular complexity index is 678. The highest BCUT2D eigenvalue weighted by atomic mass is 16.4. The minimum Gasteiger partial charge on any atom is -0.545 e. The molecule has 0 N–H and O–H groups in total. The Labute approximate surface area is 120 Å². The summed E-state index contributed by atoms with van der Waals surface area (Å²) < 4.78 is 0.